The fraction of sp³-hybridized carbons (Fsp3) is 0.438. The Labute approximate surface area is 119 Å². The minimum Gasteiger partial charge on any atom is -0.310 e. The zero-order valence-corrected chi connectivity index (χ0v) is 12.4. The van der Waals surface area contributed by atoms with Crippen LogP contribution < -0.4 is 5.32 Å². The van der Waals surface area contributed by atoms with E-state index in [4.69, 9.17) is 0 Å². The van der Waals surface area contributed by atoms with Crippen LogP contribution in [0.25, 0.3) is 0 Å². The van der Waals surface area contributed by atoms with Crippen LogP contribution in [-0.4, -0.2) is 16.3 Å². The molecule has 0 spiro atoms. The van der Waals surface area contributed by atoms with Gasteiger partial charge in [0, 0.05) is 24.3 Å². The van der Waals surface area contributed by atoms with E-state index in [9.17, 15) is 4.39 Å². The van der Waals surface area contributed by atoms with E-state index in [1.807, 2.05) is 37.0 Å². The van der Waals surface area contributed by atoms with E-state index in [2.05, 4.69) is 17.3 Å². The second-order valence-electron chi connectivity index (χ2n) is 5.04. The first-order valence-electron chi connectivity index (χ1n) is 7.14. The highest BCUT2D eigenvalue weighted by molar-refractivity contribution is 5.28. The van der Waals surface area contributed by atoms with Gasteiger partial charge in [0.05, 0.1) is 6.20 Å². The van der Waals surface area contributed by atoms with Gasteiger partial charge in [-0.3, -0.25) is 4.68 Å². The lowest BCUT2D eigenvalue weighted by Gasteiger charge is -2.19. The van der Waals surface area contributed by atoms with Crippen molar-refractivity contribution < 1.29 is 4.39 Å². The molecule has 0 amide bonds. The van der Waals surface area contributed by atoms with Crippen LogP contribution in [0.4, 0.5) is 4.39 Å². The molecule has 0 fully saturated rings. The van der Waals surface area contributed by atoms with Crippen LogP contribution in [0.1, 0.15) is 36.6 Å². The van der Waals surface area contributed by atoms with Crippen LogP contribution in [0.5, 0.6) is 0 Å². The van der Waals surface area contributed by atoms with Crippen molar-refractivity contribution in [3.8, 4) is 0 Å². The van der Waals surface area contributed by atoms with Gasteiger partial charge in [-0.1, -0.05) is 24.6 Å². The molecular formula is C16H22FN3. The molecular weight excluding hydrogens is 253 g/mol. The predicted molar refractivity (Wildman–Crippen MR) is 79.2 cm³/mol. The number of nitrogens with one attached hydrogen (secondary N) is 1. The Balaban J connectivity index is 2.23. The molecule has 2 aromatic rings. The highest BCUT2D eigenvalue weighted by Gasteiger charge is 2.16. The molecule has 1 aromatic carbocycles. The molecule has 0 saturated carbocycles. The normalized spacial score (nSPS) is 12.6. The molecule has 1 heterocycles. The molecule has 4 heteroatoms. The third-order valence-electron chi connectivity index (χ3n) is 3.43. The number of benzene rings is 1. The molecule has 0 bridgehead atoms. The summed E-state index contributed by atoms with van der Waals surface area (Å²) in [5.41, 5.74) is 2.93. The second-order valence-corrected chi connectivity index (χ2v) is 5.04. The number of hydrogen-bond acceptors (Lipinski definition) is 2. The molecule has 3 nitrogen and oxygen atoms in total. The molecule has 1 unspecified atom stereocenters. The van der Waals surface area contributed by atoms with Crippen LogP contribution in [-0.2, 0) is 13.0 Å². The summed E-state index contributed by atoms with van der Waals surface area (Å²) >= 11 is 0. The Kier molecular flexibility index (Phi) is 4.90. The summed E-state index contributed by atoms with van der Waals surface area (Å²) in [6, 6.07) is 5.25. The first-order valence-corrected chi connectivity index (χ1v) is 7.14. The Morgan fingerprint density at radius 3 is 2.80 bits per heavy atom. The number of rotatable bonds is 6. The van der Waals surface area contributed by atoms with Crippen LogP contribution >= 0.6 is 0 Å². The molecule has 0 radical (unpaired) electrons. The number of likely N-dealkylation sites (N-methyl/N-ethyl adjacent to an activating group) is 1. The minimum absolute atomic E-state index is 0.0191. The summed E-state index contributed by atoms with van der Waals surface area (Å²) in [5.74, 6) is -0.149. The van der Waals surface area contributed by atoms with E-state index in [0.717, 1.165) is 36.2 Å². The van der Waals surface area contributed by atoms with Gasteiger partial charge in [-0.15, -0.1) is 0 Å². The third kappa shape index (κ3) is 3.45. The van der Waals surface area contributed by atoms with Crippen molar-refractivity contribution in [3.05, 3.63) is 53.1 Å². The number of halogens is 1. The van der Waals surface area contributed by atoms with E-state index in [-0.39, 0.29) is 11.9 Å². The van der Waals surface area contributed by atoms with Gasteiger partial charge in [-0.2, -0.15) is 5.10 Å². The average molecular weight is 275 g/mol. The van der Waals surface area contributed by atoms with Crippen molar-refractivity contribution in [3.63, 3.8) is 0 Å². The molecule has 2 rings (SSSR count). The Morgan fingerprint density at radius 1 is 1.35 bits per heavy atom. The lowest BCUT2D eigenvalue weighted by Crippen LogP contribution is -2.24. The monoisotopic (exact) mass is 275 g/mol. The summed E-state index contributed by atoms with van der Waals surface area (Å²) in [7, 11) is 0. The molecule has 0 aliphatic carbocycles. The van der Waals surface area contributed by atoms with Crippen molar-refractivity contribution >= 4 is 0 Å². The number of hydrogen-bond donors (Lipinski definition) is 1. The van der Waals surface area contributed by atoms with Crippen molar-refractivity contribution in [2.45, 2.75) is 39.8 Å². The summed E-state index contributed by atoms with van der Waals surface area (Å²) in [4.78, 5) is 0. The Bertz CT molecular complexity index is 563. The third-order valence-corrected chi connectivity index (χ3v) is 3.43. The van der Waals surface area contributed by atoms with E-state index in [1.54, 1.807) is 12.1 Å². The van der Waals surface area contributed by atoms with E-state index in [0.29, 0.717) is 0 Å². The predicted octanol–water partition coefficient (Wildman–Crippen LogP) is 3.24. The number of aromatic nitrogens is 2. The van der Waals surface area contributed by atoms with Crippen molar-refractivity contribution in [1.82, 2.24) is 15.1 Å². The highest BCUT2D eigenvalue weighted by atomic mass is 19.1. The first-order chi connectivity index (χ1) is 9.63. The van der Waals surface area contributed by atoms with Gasteiger partial charge in [0.1, 0.15) is 5.82 Å². The molecule has 1 aromatic heterocycles. The smallest absolute Gasteiger partial charge is 0.128 e. The molecule has 0 aliphatic rings. The van der Waals surface area contributed by atoms with Crippen molar-refractivity contribution in [2.75, 3.05) is 6.54 Å². The summed E-state index contributed by atoms with van der Waals surface area (Å²) < 4.78 is 16.0. The second kappa shape index (κ2) is 6.66. The van der Waals surface area contributed by atoms with Crippen molar-refractivity contribution in [2.24, 2.45) is 0 Å². The number of nitrogens with zero attached hydrogens (tertiary/aromatic N) is 2. The van der Waals surface area contributed by atoms with E-state index in [1.165, 1.54) is 0 Å². The van der Waals surface area contributed by atoms with Gasteiger partial charge < -0.3 is 5.32 Å². The quantitative estimate of drug-likeness (QED) is 0.877. The molecule has 0 saturated heterocycles. The fourth-order valence-electron chi connectivity index (χ4n) is 2.39. The minimum atomic E-state index is -0.149. The van der Waals surface area contributed by atoms with E-state index >= 15 is 0 Å². The highest BCUT2D eigenvalue weighted by Crippen LogP contribution is 2.22. The largest absolute Gasteiger partial charge is 0.310 e. The zero-order valence-electron chi connectivity index (χ0n) is 12.4. The lowest BCUT2D eigenvalue weighted by atomic mass is 9.98. The molecule has 1 atom stereocenters. The van der Waals surface area contributed by atoms with Crippen LogP contribution in [0.2, 0.25) is 0 Å². The lowest BCUT2D eigenvalue weighted by molar-refractivity contribution is 0.509. The fourth-order valence-corrected chi connectivity index (χ4v) is 2.39. The topological polar surface area (TPSA) is 29.9 Å². The Morgan fingerprint density at radius 2 is 2.15 bits per heavy atom. The van der Waals surface area contributed by atoms with Crippen LogP contribution in [0.15, 0.2) is 30.6 Å². The molecule has 1 N–H and O–H groups in total. The SMILES string of the molecule is CCNC(Cc1cnn(CC)c1)c1cc(C)ccc1F. The molecule has 20 heavy (non-hydrogen) atoms. The van der Waals surface area contributed by atoms with E-state index < -0.39 is 0 Å². The van der Waals surface area contributed by atoms with Gasteiger partial charge in [0.15, 0.2) is 0 Å². The maximum atomic E-state index is 14.1. The molecule has 108 valence electrons. The maximum Gasteiger partial charge on any atom is 0.128 e. The zero-order chi connectivity index (χ0) is 14.5. The van der Waals surface area contributed by atoms with Crippen molar-refractivity contribution in [1.29, 1.82) is 0 Å². The maximum absolute atomic E-state index is 14.1. The first kappa shape index (κ1) is 14.7. The molecule has 0 aliphatic heterocycles. The summed E-state index contributed by atoms with van der Waals surface area (Å²) in [6.07, 6.45) is 4.63. The van der Waals surface area contributed by atoms with Gasteiger partial charge in [0.25, 0.3) is 0 Å². The van der Waals surface area contributed by atoms with Gasteiger partial charge >= 0.3 is 0 Å². The van der Waals surface area contributed by atoms with Crippen LogP contribution in [0, 0.1) is 12.7 Å². The summed E-state index contributed by atoms with van der Waals surface area (Å²) in [5, 5.41) is 7.64. The van der Waals surface area contributed by atoms with Gasteiger partial charge in [0.2, 0.25) is 0 Å². The Hall–Kier alpha value is -1.68. The number of aryl methyl sites for hydroxylation is 2. The van der Waals surface area contributed by atoms with Gasteiger partial charge in [-0.25, -0.2) is 4.39 Å². The standard InChI is InChI=1S/C16H22FN3/c1-4-18-16(9-13-10-19-20(5-2)11-13)14-8-12(3)6-7-15(14)17/h6-8,10-11,16,18H,4-5,9H2,1-3H3. The average Bonchev–Trinajstić information content (AvgIpc) is 2.89. The van der Waals surface area contributed by atoms with Crippen LogP contribution in [0.3, 0.4) is 0 Å². The summed E-state index contributed by atoms with van der Waals surface area (Å²) in [6.45, 7) is 7.74. The van der Waals surface area contributed by atoms with Gasteiger partial charge in [-0.05, 0) is 38.4 Å².